The van der Waals surface area contributed by atoms with E-state index in [0.29, 0.717) is 29.8 Å². The number of para-hydroxylation sites is 1. The molecule has 0 unspecified atom stereocenters. The molecule has 3 heterocycles. The smallest absolute Gasteiger partial charge is 0.349 e. The first-order valence-corrected chi connectivity index (χ1v) is 7.50. The van der Waals surface area contributed by atoms with Gasteiger partial charge in [-0.3, -0.25) is 9.78 Å². The largest absolute Gasteiger partial charge is 0.493 e. The predicted molar refractivity (Wildman–Crippen MR) is 86.9 cm³/mol. The van der Waals surface area contributed by atoms with E-state index in [0.717, 1.165) is 11.3 Å². The van der Waals surface area contributed by atoms with E-state index in [1.807, 2.05) is 12.1 Å². The van der Waals surface area contributed by atoms with Gasteiger partial charge in [-0.05, 0) is 23.8 Å². The first kappa shape index (κ1) is 14.4. The number of rotatable bonds is 2. The Morgan fingerprint density at radius 3 is 2.92 bits per heavy atom. The van der Waals surface area contributed by atoms with E-state index in [9.17, 15) is 9.59 Å². The number of pyridine rings is 1. The average Bonchev–Trinajstić information content (AvgIpc) is 3.04. The van der Waals surface area contributed by atoms with Crippen molar-refractivity contribution in [3.63, 3.8) is 0 Å². The van der Waals surface area contributed by atoms with Gasteiger partial charge in [0.1, 0.15) is 5.56 Å². The third kappa shape index (κ3) is 2.23. The highest BCUT2D eigenvalue weighted by molar-refractivity contribution is 5.97. The molecule has 1 aromatic carbocycles. The van der Waals surface area contributed by atoms with Gasteiger partial charge >= 0.3 is 5.63 Å². The summed E-state index contributed by atoms with van der Waals surface area (Å²) in [5.41, 5.74) is 1.55. The summed E-state index contributed by atoms with van der Waals surface area (Å²) in [5, 5.41) is 0.645. The van der Waals surface area contributed by atoms with Crippen molar-refractivity contribution in [3.8, 4) is 5.75 Å². The van der Waals surface area contributed by atoms with Gasteiger partial charge in [0.15, 0.2) is 11.3 Å². The van der Waals surface area contributed by atoms with Crippen molar-refractivity contribution in [2.75, 3.05) is 7.11 Å². The summed E-state index contributed by atoms with van der Waals surface area (Å²) in [5.74, 6) is 0.104. The lowest BCUT2D eigenvalue weighted by Crippen LogP contribution is -2.29. The van der Waals surface area contributed by atoms with Gasteiger partial charge in [-0.2, -0.15) is 0 Å². The molecule has 6 nitrogen and oxygen atoms in total. The predicted octanol–water partition coefficient (Wildman–Crippen LogP) is 2.35. The fourth-order valence-electron chi connectivity index (χ4n) is 2.94. The first-order chi connectivity index (χ1) is 11.7. The lowest BCUT2D eigenvalue weighted by atomic mass is 10.1. The molecule has 0 fully saturated rings. The maximum absolute atomic E-state index is 12.7. The number of ether oxygens (including phenoxy) is 1. The second-order valence-corrected chi connectivity index (χ2v) is 5.60. The van der Waals surface area contributed by atoms with E-state index in [1.165, 1.54) is 7.11 Å². The van der Waals surface area contributed by atoms with E-state index in [2.05, 4.69) is 4.98 Å². The maximum Gasteiger partial charge on any atom is 0.349 e. The van der Waals surface area contributed by atoms with Crippen LogP contribution in [0.2, 0.25) is 0 Å². The topological polar surface area (TPSA) is 72.6 Å². The molecule has 3 aromatic rings. The SMILES string of the molecule is COc1cccc2cc(C(=O)N3Cc4cccnc4C3)c(=O)oc12. The van der Waals surface area contributed by atoms with Crippen LogP contribution in [0.4, 0.5) is 0 Å². The average molecular weight is 322 g/mol. The Kier molecular flexibility index (Phi) is 3.30. The van der Waals surface area contributed by atoms with Gasteiger partial charge < -0.3 is 14.1 Å². The number of methoxy groups -OCH3 is 1. The number of fused-ring (bicyclic) bond motifs is 2. The molecular weight excluding hydrogens is 308 g/mol. The number of nitrogens with zero attached hydrogens (tertiary/aromatic N) is 2. The number of hydrogen-bond acceptors (Lipinski definition) is 5. The Bertz CT molecular complexity index is 984. The highest BCUT2D eigenvalue weighted by Gasteiger charge is 2.27. The van der Waals surface area contributed by atoms with Crippen LogP contribution in [0.3, 0.4) is 0 Å². The Morgan fingerprint density at radius 2 is 2.12 bits per heavy atom. The van der Waals surface area contributed by atoms with Crippen molar-refractivity contribution < 1.29 is 13.9 Å². The highest BCUT2D eigenvalue weighted by Crippen LogP contribution is 2.26. The molecule has 0 N–H and O–H groups in total. The van der Waals surface area contributed by atoms with Gasteiger partial charge in [-0.15, -0.1) is 0 Å². The molecule has 0 radical (unpaired) electrons. The molecule has 0 atom stereocenters. The Labute approximate surface area is 137 Å². The summed E-state index contributed by atoms with van der Waals surface area (Å²) in [4.78, 5) is 30.9. The van der Waals surface area contributed by atoms with Crippen molar-refractivity contribution in [1.82, 2.24) is 9.88 Å². The quantitative estimate of drug-likeness (QED) is 0.677. The second-order valence-electron chi connectivity index (χ2n) is 5.60. The number of carbonyl (C=O) groups is 1. The molecule has 0 aliphatic carbocycles. The third-order valence-electron chi connectivity index (χ3n) is 4.15. The normalized spacial score (nSPS) is 13.1. The maximum atomic E-state index is 12.7. The lowest BCUT2D eigenvalue weighted by Gasteiger charge is -2.14. The highest BCUT2D eigenvalue weighted by atomic mass is 16.5. The zero-order chi connectivity index (χ0) is 16.7. The van der Waals surface area contributed by atoms with Crippen molar-refractivity contribution >= 4 is 16.9 Å². The summed E-state index contributed by atoms with van der Waals surface area (Å²) in [6.45, 7) is 0.836. The molecule has 1 aliphatic heterocycles. The van der Waals surface area contributed by atoms with Gasteiger partial charge in [0, 0.05) is 18.1 Å². The van der Waals surface area contributed by atoms with Crippen LogP contribution < -0.4 is 10.4 Å². The van der Waals surface area contributed by atoms with Crippen molar-refractivity contribution in [3.05, 3.63) is 69.8 Å². The van der Waals surface area contributed by atoms with Crippen LogP contribution in [-0.2, 0) is 13.1 Å². The Morgan fingerprint density at radius 1 is 1.25 bits per heavy atom. The first-order valence-electron chi connectivity index (χ1n) is 7.50. The van der Waals surface area contributed by atoms with Crippen LogP contribution >= 0.6 is 0 Å². The van der Waals surface area contributed by atoms with E-state index < -0.39 is 5.63 Å². The van der Waals surface area contributed by atoms with Crippen molar-refractivity contribution in [1.29, 1.82) is 0 Å². The van der Waals surface area contributed by atoms with Crippen LogP contribution in [0.25, 0.3) is 11.0 Å². The van der Waals surface area contributed by atoms with E-state index in [-0.39, 0.29) is 11.5 Å². The Balaban J connectivity index is 1.73. The number of carbonyl (C=O) groups excluding carboxylic acids is 1. The monoisotopic (exact) mass is 322 g/mol. The molecule has 6 heteroatoms. The van der Waals surface area contributed by atoms with Gasteiger partial charge in [-0.1, -0.05) is 18.2 Å². The molecule has 0 spiro atoms. The van der Waals surface area contributed by atoms with Crippen LogP contribution in [0.1, 0.15) is 21.6 Å². The molecule has 0 saturated carbocycles. The van der Waals surface area contributed by atoms with Crippen molar-refractivity contribution in [2.45, 2.75) is 13.1 Å². The van der Waals surface area contributed by atoms with Crippen LogP contribution in [0, 0.1) is 0 Å². The minimum absolute atomic E-state index is 0.0172. The molecule has 2 aromatic heterocycles. The molecule has 120 valence electrons. The van der Waals surface area contributed by atoms with Gasteiger partial charge in [0.2, 0.25) is 0 Å². The third-order valence-corrected chi connectivity index (χ3v) is 4.15. The summed E-state index contributed by atoms with van der Waals surface area (Å²) in [7, 11) is 1.50. The lowest BCUT2D eigenvalue weighted by molar-refractivity contribution is 0.0746. The number of aromatic nitrogens is 1. The molecular formula is C18H14N2O4. The fraction of sp³-hybridized carbons (Fsp3) is 0.167. The zero-order valence-electron chi connectivity index (χ0n) is 13.0. The summed E-state index contributed by atoms with van der Waals surface area (Å²) in [6.07, 6.45) is 1.70. The molecule has 1 amide bonds. The number of benzene rings is 1. The van der Waals surface area contributed by atoms with Crippen LogP contribution in [0.5, 0.6) is 5.75 Å². The molecule has 4 rings (SSSR count). The Hall–Kier alpha value is -3.15. The van der Waals surface area contributed by atoms with Crippen molar-refractivity contribution in [2.24, 2.45) is 0 Å². The van der Waals surface area contributed by atoms with Gasteiger partial charge in [-0.25, -0.2) is 4.79 Å². The van der Waals surface area contributed by atoms with Gasteiger partial charge in [0.05, 0.1) is 19.3 Å². The molecule has 0 saturated heterocycles. The zero-order valence-corrected chi connectivity index (χ0v) is 13.0. The number of amides is 1. The molecule has 24 heavy (non-hydrogen) atoms. The van der Waals surface area contributed by atoms with Gasteiger partial charge in [0.25, 0.3) is 5.91 Å². The van der Waals surface area contributed by atoms with Crippen LogP contribution in [-0.4, -0.2) is 22.9 Å². The van der Waals surface area contributed by atoms with E-state index in [4.69, 9.17) is 9.15 Å². The minimum Gasteiger partial charge on any atom is -0.493 e. The van der Waals surface area contributed by atoms with E-state index in [1.54, 1.807) is 35.4 Å². The standard InChI is InChI=1S/C18H14N2O4/c1-23-15-6-2-4-11-8-13(18(22)24-16(11)15)17(21)20-9-12-5-3-7-19-14(12)10-20/h2-8H,9-10H2,1H3. The van der Waals surface area contributed by atoms with E-state index >= 15 is 0 Å². The minimum atomic E-state index is -0.666. The summed E-state index contributed by atoms with van der Waals surface area (Å²) in [6, 6.07) is 10.6. The summed E-state index contributed by atoms with van der Waals surface area (Å²) < 4.78 is 10.5. The summed E-state index contributed by atoms with van der Waals surface area (Å²) >= 11 is 0. The molecule has 0 bridgehead atoms. The molecule has 1 aliphatic rings. The van der Waals surface area contributed by atoms with Crippen LogP contribution in [0.15, 0.2) is 51.8 Å². The number of hydrogen-bond donors (Lipinski definition) is 0. The fourth-order valence-corrected chi connectivity index (χ4v) is 2.94. The second kappa shape index (κ2) is 5.49.